The van der Waals surface area contributed by atoms with Gasteiger partial charge in [-0.3, -0.25) is 0 Å². The Morgan fingerprint density at radius 1 is 1.67 bits per heavy atom. The first-order valence-corrected chi connectivity index (χ1v) is 6.00. The Balaban J connectivity index is 1.89. The van der Waals surface area contributed by atoms with Crippen LogP contribution in [0.3, 0.4) is 0 Å². The van der Waals surface area contributed by atoms with Gasteiger partial charge in [-0.2, -0.15) is 0 Å². The van der Waals surface area contributed by atoms with Crippen LogP contribution in [0.4, 0.5) is 5.82 Å². The number of nitrogens with zero attached hydrogens (tertiary/aromatic N) is 1. The van der Waals surface area contributed by atoms with E-state index < -0.39 is 0 Å². The third kappa shape index (κ3) is 2.92. The molecule has 0 bridgehead atoms. The molecule has 82 valence electrons. The summed E-state index contributed by atoms with van der Waals surface area (Å²) in [6, 6.07) is 1.98. The number of rotatable bonds is 4. The Kier molecular flexibility index (Phi) is 3.26. The summed E-state index contributed by atoms with van der Waals surface area (Å²) < 4.78 is 1.01. The van der Waals surface area contributed by atoms with Crippen LogP contribution in [0.5, 0.6) is 0 Å². The number of aliphatic hydroxyl groups is 1. The normalized spacial score (nSPS) is 17.5. The molecule has 0 spiro atoms. The number of nitrogens with one attached hydrogen (secondary N) is 1. The van der Waals surface area contributed by atoms with E-state index in [1.807, 2.05) is 13.0 Å². The largest absolute Gasteiger partial charge is 0.391 e. The van der Waals surface area contributed by atoms with Gasteiger partial charge in [0, 0.05) is 17.2 Å². The Labute approximate surface area is 98.0 Å². The molecule has 2 rings (SSSR count). The van der Waals surface area contributed by atoms with Crippen molar-refractivity contribution in [3.63, 3.8) is 0 Å². The van der Waals surface area contributed by atoms with Crippen LogP contribution < -0.4 is 5.32 Å². The topological polar surface area (TPSA) is 45.1 Å². The summed E-state index contributed by atoms with van der Waals surface area (Å²) in [7, 11) is 0. The summed E-state index contributed by atoms with van der Waals surface area (Å²) in [5.74, 6) is 1.34. The van der Waals surface area contributed by atoms with Crippen molar-refractivity contribution in [1.82, 2.24) is 4.98 Å². The van der Waals surface area contributed by atoms with Gasteiger partial charge in [-0.05, 0) is 53.2 Å². The minimum absolute atomic E-state index is 0.226. The molecule has 0 radical (unpaired) electrons. The maximum atomic E-state index is 9.67. The summed E-state index contributed by atoms with van der Waals surface area (Å²) in [5, 5.41) is 12.8. The molecule has 3 nitrogen and oxygen atoms in total. The van der Waals surface area contributed by atoms with Crippen molar-refractivity contribution in [2.45, 2.75) is 25.9 Å². The van der Waals surface area contributed by atoms with Crippen molar-refractivity contribution >= 4 is 21.7 Å². The van der Waals surface area contributed by atoms with Gasteiger partial charge in [-0.25, -0.2) is 4.98 Å². The lowest BCUT2D eigenvalue weighted by atomic mass is 10.2. The van der Waals surface area contributed by atoms with E-state index >= 15 is 0 Å². The van der Waals surface area contributed by atoms with E-state index in [4.69, 9.17) is 0 Å². The van der Waals surface area contributed by atoms with Gasteiger partial charge < -0.3 is 10.4 Å². The molecule has 1 unspecified atom stereocenters. The zero-order valence-electron chi connectivity index (χ0n) is 8.70. The van der Waals surface area contributed by atoms with Gasteiger partial charge in [0.2, 0.25) is 0 Å². The molecule has 1 aliphatic carbocycles. The van der Waals surface area contributed by atoms with Crippen LogP contribution in [-0.4, -0.2) is 22.7 Å². The maximum absolute atomic E-state index is 9.67. The number of aryl methyl sites for hydroxylation is 1. The van der Waals surface area contributed by atoms with Crippen molar-refractivity contribution in [3.8, 4) is 0 Å². The van der Waals surface area contributed by atoms with Crippen molar-refractivity contribution < 1.29 is 5.11 Å². The molecular weight excluding hydrogens is 256 g/mol. The molecule has 1 fully saturated rings. The fourth-order valence-electron chi connectivity index (χ4n) is 1.49. The van der Waals surface area contributed by atoms with Crippen molar-refractivity contribution in [2.24, 2.45) is 5.92 Å². The quantitative estimate of drug-likeness (QED) is 0.883. The number of hydrogen-bond acceptors (Lipinski definition) is 3. The predicted octanol–water partition coefficient (Wildman–Crippen LogP) is 2.34. The minimum atomic E-state index is -0.226. The van der Waals surface area contributed by atoms with Crippen molar-refractivity contribution in [2.75, 3.05) is 11.9 Å². The average Bonchev–Trinajstić information content (AvgIpc) is 3.03. The van der Waals surface area contributed by atoms with E-state index in [-0.39, 0.29) is 6.10 Å². The third-order valence-corrected chi connectivity index (χ3v) is 3.54. The van der Waals surface area contributed by atoms with Gasteiger partial charge in [0.1, 0.15) is 5.82 Å². The Bertz CT molecular complexity index is 352. The highest BCUT2D eigenvalue weighted by Gasteiger charge is 2.29. The SMILES string of the molecule is Cc1cc(NCC(O)C2CC2)ncc1Br. The number of aliphatic hydroxyl groups excluding tert-OH is 1. The number of halogens is 1. The molecule has 0 amide bonds. The van der Waals surface area contributed by atoms with Gasteiger partial charge in [-0.15, -0.1) is 0 Å². The summed E-state index contributed by atoms with van der Waals surface area (Å²) in [6.45, 7) is 2.62. The minimum Gasteiger partial charge on any atom is -0.391 e. The molecule has 0 aliphatic heterocycles. The predicted molar refractivity (Wildman–Crippen MR) is 63.9 cm³/mol. The molecule has 1 aromatic rings. The van der Waals surface area contributed by atoms with Crippen LogP contribution in [0.15, 0.2) is 16.7 Å². The Morgan fingerprint density at radius 3 is 3.00 bits per heavy atom. The van der Waals surface area contributed by atoms with Crippen molar-refractivity contribution in [1.29, 1.82) is 0 Å². The Hall–Kier alpha value is -0.610. The van der Waals surface area contributed by atoms with E-state index in [0.717, 1.165) is 28.7 Å². The first-order chi connectivity index (χ1) is 7.16. The Morgan fingerprint density at radius 2 is 2.40 bits per heavy atom. The molecule has 1 aliphatic rings. The molecule has 1 atom stereocenters. The average molecular weight is 271 g/mol. The highest BCUT2D eigenvalue weighted by atomic mass is 79.9. The second kappa shape index (κ2) is 4.49. The fraction of sp³-hybridized carbons (Fsp3) is 0.545. The maximum Gasteiger partial charge on any atom is 0.126 e. The summed E-state index contributed by atoms with van der Waals surface area (Å²) in [5.41, 5.74) is 1.15. The van der Waals surface area contributed by atoms with Crippen LogP contribution >= 0.6 is 15.9 Å². The zero-order valence-corrected chi connectivity index (χ0v) is 10.3. The van der Waals surface area contributed by atoms with E-state index in [1.165, 1.54) is 0 Å². The second-order valence-electron chi connectivity index (χ2n) is 4.10. The first kappa shape index (κ1) is 10.9. The molecule has 1 saturated carbocycles. The van der Waals surface area contributed by atoms with Gasteiger partial charge in [-0.1, -0.05) is 0 Å². The van der Waals surface area contributed by atoms with Gasteiger partial charge in [0.05, 0.1) is 6.10 Å². The summed E-state index contributed by atoms with van der Waals surface area (Å²) in [6.07, 6.45) is 3.88. The van der Waals surface area contributed by atoms with Gasteiger partial charge in [0.25, 0.3) is 0 Å². The summed E-state index contributed by atoms with van der Waals surface area (Å²) >= 11 is 3.40. The lowest BCUT2D eigenvalue weighted by molar-refractivity contribution is 0.164. The smallest absolute Gasteiger partial charge is 0.126 e. The lowest BCUT2D eigenvalue weighted by Crippen LogP contribution is -2.21. The van der Waals surface area contributed by atoms with Crippen LogP contribution in [-0.2, 0) is 0 Å². The monoisotopic (exact) mass is 270 g/mol. The highest BCUT2D eigenvalue weighted by Crippen LogP contribution is 2.32. The van der Waals surface area contributed by atoms with Crippen LogP contribution in [0.1, 0.15) is 18.4 Å². The molecule has 1 aromatic heterocycles. The van der Waals surface area contributed by atoms with E-state index in [2.05, 4.69) is 26.2 Å². The standard InChI is InChI=1S/C11H15BrN2O/c1-7-4-11(13-5-9(7)12)14-6-10(15)8-2-3-8/h4-5,8,10,15H,2-3,6H2,1H3,(H,13,14). The molecular formula is C11H15BrN2O. The van der Waals surface area contributed by atoms with Gasteiger partial charge >= 0.3 is 0 Å². The van der Waals surface area contributed by atoms with E-state index in [1.54, 1.807) is 6.20 Å². The number of anilines is 1. The molecule has 15 heavy (non-hydrogen) atoms. The second-order valence-corrected chi connectivity index (χ2v) is 4.96. The number of hydrogen-bond donors (Lipinski definition) is 2. The van der Waals surface area contributed by atoms with Gasteiger partial charge in [0.15, 0.2) is 0 Å². The van der Waals surface area contributed by atoms with Crippen LogP contribution in [0.25, 0.3) is 0 Å². The lowest BCUT2D eigenvalue weighted by Gasteiger charge is -2.11. The molecule has 4 heteroatoms. The third-order valence-electron chi connectivity index (χ3n) is 2.71. The highest BCUT2D eigenvalue weighted by molar-refractivity contribution is 9.10. The van der Waals surface area contributed by atoms with Crippen molar-refractivity contribution in [3.05, 3.63) is 22.3 Å². The van der Waals surface area contributed by atoms with E-state index in [9.17, 15) is 5.11 Å². The van der Waals surface area contributed by atoms with E-state index in [0.29, 0.717) is 12.5 Å². The fourth-order valence-corrected chi connectivity index (χ4v) is 1.71. The molecule has 1 heterocycles. The first-order valence-electron chi connectivity index (χ1n) is 5.21. The van der Waals surface area contributed by atoms with Crippen LogP contribution in [0, 0.1) is 12.8 Å². The van der Waals surface area contributed by atoms with Crippen LogP contribution in [0.2, 0.25) is 0 Å². The zero-order chi connectivity index (χ0) is 10.8. The number of pyridine rings is 1. The molecule has 0 aromatic carbocycles. The summed E-state index contributed by atoms with van der Waals surface area (Å²) in [4.78, 5) is 4.22. The molecule has 2 N–H and O–H groups in total. The molecule has 0 saturated heterocycles. The number of aromatic nitrogens is 1.